The fraction of sp³-hybridized carbons (Fsp3) is 0.176. The Balaban J connectivity index is 1.84. The van der Waals surface area contributed by atoms with Gasteiger partial charge in [-0.3, -0.25) is 14.9 Å². The molecule has 9 heteroatoms. The zero-order valence-electron chi connectivity index (χ0n) is 13.9. The van der Waals surface area contributed by atoms with Crippen LogP contribution in [0, 0.1) is 17.0 Å². The molecule has 3 aromatic rings. The summed E-state index contributed by atoms with van der Waals surface area (Å²) in [6, 6.07) is 13.3. The maximum Gasteiger partial charge on any atom is 0.274 e. The minimum absolute atomic E-state index is 0.0511. The predicted octanol–water partition coefficient (Wildman–Crippen LogP) is 2.31. The molecule has 0 saturated heterocycles. The molecule has 2 aromatic carbocycles. The van der Waals surface area contributed by atoms with Crippen LogP contribution in [0.4, 0.5) is 11.4 Å². The number of rotatable bonds is 6. The number of nitrogens with one attached hydrogen (secondary N) is 1. The zero-order valence-corrected chi connectivity index (χ0v) is 13.9. The number of anilines is 1. The molecule has 0 fully saturated rings. The number of aryl methyl sites for hydroxylation is 1. The lowest BCUT2D eigenvalue weighted by Crippen LogP contribution is -2.28. The summed E-state index contributed by atoms with van der Waals surface area (Å²) >= 11 is 0. The van der Waals surface area contributed by atoms with Crippen LogP contribution in [0.25, 0.3) is 0 Å². The molecule has 132 valence electrons. The Morgan fingerprint density at radius 3 is 2.69 bits per heavy atom. The molecule has 0 spiro atoms. The maximum absolute atomic E-state index is 12.8. The average Bonchev–Trinajstić information content (AvgIpc) is 3.16. The standard InChI is InChI=1S/C17H16N6O3/c1-12-7-8-14(10-15(12)23(25)26)19-17(24)16(22-11-18-20-21-22)9-13-5-3-2-4-6-13/h2-8,10-11,16H,9H2,1H3,(H,19,24). The zero-order chi connectivity index (χ0) is 18.5. The number of hydrogen-bond donors (Lipinski definition) is 1. The van der Waals surface area contributed by atoms with Crippen LogP contribution in [-0.2, 0) is 11.2 Å². The van der Waals surface area contributed by atoms with E-state index in [4.69, 9.17) is 0 Å². The molecule has 1 atom stereocenters. The summed E-state index contributed by atoms with van der Waals surface area (Å²) in [5.41, 5.74) is 1.76. The Bertz CT molecular complexity index is 912. The first-order valence-corrected chi connectivity index (χ1v) is 7.87. The molecule has 0 aliphatic carbocycles. The van der Waals surface area contributed by atoms with Crippen molar-refractivity contribution < 1.29 is 9.72 Å². The van der Waals surface area contributed by atoms with E-state index in [2.05, 4.69) is 20.8 Å². The first-order chi connectivity index (χ1) is 12.5. The molecular formula is C17H16N6O3. The van der Waals surface area contributed by atoms with Gasteiger partial charge in [0, 0.05) is 23.7 Å². The van der Waals surface area contributed by atoms with Crippen LogP contribution in [0.3, 0.4) is 0 Å². The minimum atomic E-state index is -0.687. The minimum Gasteiger partial charge on any atom is -0.324 e. The van der Waals surface area contributed by atoms with E-state index >= 15 is 0 Å². The van der Waals surface area contributed by atoms with Crippen LogP contribution in [0.5, 0.6) is 0 Å². The maximum atomic E-state index is 12.8. The SMILES string of the molecule is Cc1ccc(NC(=O)C(Cc2ccccc2)n2cnnn2)cc1[N+](=O)[O-]. The van der Waals surface area contributed by atoms with Gasteiger partial charge in [-0.2, -0.15) is 0 Å². The third-order valence-corrected chi connectivity index (χ3v) is 3.93. The molecule has 1 unspecified atom stereocenters. The fourth-order valence-electron chi connectivity index (χ4n) is 2.56. The molecule has 0 radical (unpaired) electrons. The number of amides is 1. The lowest BCUT2D eigenvalue weighted by atomic mass is 10.1. The third-order valence-electron chi connectivity index (χ3n) is 3.93. The highest BCUT2D eigenvalue weighted by molar-refractivity contribution is 5.94. The van der Waals surface area contributed by atoms with E-state index in [0.717, 1.165) is 5.56 Å². The number of tetrazole rings is 1. The number of carbonyl (C=O) groups is 1. The number of benzene rings is 2. The number of nitrogens with zero attached hydrogens (tertiary/aromatic N) is 5. The van der Waals surface area contributed by atoms with Gasteiger partial charge in [-0.1, -0.05) is 36.4 Å². The highest BCUT2D eigenvalue weighted by Gasteiger charge is 2.23. The van der Waals surface area contributed by atoms with E-state index in [1.165, 1.54) is 17.1 Å². The number of carbonyl (C=O) groups excluding carboxylic acids is 1. The Labute approximate surface area is 148 Å². The molecule has 0 bridgehead atoms. The van der Waals surface area contributed by atoms with Crippen molar-refractivity contribution in [2.75, 3.05) is 5.32 Å². The van der Waals surface area contributed by atoms with Crippen molar-refractivity contribution in [1.82, 2.24) is 20.2 Å². The van der Waals surface area contributed by atoms with Crippen LogP contribution in [0.2, 0.25) is 0 Å². The van der Waals surface area contributed by atoms with Crippen molar-refractivity contribution in [3.05, 3.63) is 76.1 Å². The van der Waals surface area contributed by atoms with Gasteiger partial charge in [0.2, 0.25) is 5.91 Å². The number of aromatic nitrogens is 4. The number of hydrogen-bond acceptors (Lipinski definition) is 6. The van der Waals surface area contributed by atoms with Crippen LogP contribution in [-0.4, -0.2) is 31.0 Å². The van der Waals surface area contributed by atoms with Crippen LogP contribution in [0.1, 0.15) is 17.2 Å². The lowest BCUT2D eigenvalue weighted by molar-refractivity contribution is -0.385. The Kier molecular flexibility index (Phi) is 4.97. The van der Waals surface area contributed by atoms with E-state index in [9.17, 15) is 14.9 Å². The molecule has 26 heavy (non-hydrogen) atoms. The van der Waals surface area contributed by atoms with E-state index in [1.54, 1.807) is 19.1 Å². The van der Waals surface area contributed by atoms with Gasteiger partial charge in [0.15, 0.2) is 0 Å². The average molecular weight is 352 g/mol. The topological polar surface area (TPSA) is 116 Å². The Morgan fingerprint density at radius 1 is 1.27 bits per heavy atom. The van der Waals surface area contributed by atoms with Gasteiger partial charge in [0.25, 0.3) is 5.69 Å². The molecule has 1 heterocycles. The number of nitro benzene ring substituents is 1. The lowest BCUT2D eigenvalue weighted by Gasteiger charge is -2.16. The van der Waals surface area contributed by atoms with Crippen molar-refractivity contribution in [3.8, 4) is 0 Å². The molecule has 3 rings (SSSR count). The van der Waals surface area contributed by atoms with Gasteiger partial charge in [-0.05, 0) is 29.0 Å². The first-order valence-electron chi connectivity index (χ1n) is 7.87. The second-order valence-electron chi connectivity index (χ2n) is 5.74. The molecular weight excluding hydrogens is 336 g/mol. The Hall–Kier alpha value is -3.62. The summed E-state index contributed by atoms with van der Waals surface area (Å²) in [7, 11) is 0. The normalized spacial score (nSPS) is 11.7. The summed E-state index contributed by atoms with van der Waals surface area (Å²) in [4.78, 5) is 23.4. The van der Waals surface area contributed by atoms with Crippen LogP contribution < -0.4 is 5.32 Å². The van der Waals surface area contributed by atoms with Crippen molar-refractivity contribution >= 4 is 17.3 Å². The summed E-state index contributed by atoms with van der Waals surface area (Å²) < 4.78 is 1.37. The molecule has 1 aromatic heterocycles. The first kappa shape index (κ1) is 17.2. The second-order valence-corrected chi connectivity index (χ2v) is 5.74. The monoisotopic (exact) mass is 352 g/mol. The van der Waals surface area contributed by atoms with Gasteiger partial charge in [-0.25, -0.2) is 4.68 Å². The fourth-order valence-corrected chi connectivity index (χ4v) is 2.56. The highest BCUT2D eigenvalue weighted by Crippen LogP contribution is 2.23. The summed E-state index contributed by atoms with van der Waals surface area (Å²) in [5, 5.41) is 24.8. The molecule has 1 N–H and O–H groups in total. The van der Waals surface area contributed by atoms with Crippen LogP contribution in [0.15, 0.2) is 54.9 Å². The summed E-state index contributed by atoms with van der Waals surface area (Å²) in [6.45, 7) is 1.64. The highest BCUT2D eigenvalue weighted by atomic mass is 16.6. The van der Waals surface area contributed by atoms with E-state index in [-0.39, 0.29) is 11.6 Å². The second kappa shape index (κ2) is 7.51. The van der Waals surface area contributed by atoms with Crippen LogP contribution >= 0.6 is 0 Å². The van der Waals surface area contributed by atoms with E-state index in [1.807, 2.05) is 30.3 Å². The van der Waals surface area contributed by atoms with Gasteiger partial charge in [0.1, 0.15) is 12.4 Å². The summed E-state index contributed by atoms with van der Waals surface area (Å²) in [6.07, 6.45) is 1.75. The quantitative estimate of drug-likeness (QED) is 0.537. The molecule has 0 aliphatic heterocycles. The van der Waals surface area contributed by atoms with Crippen molar-refractivity contribution in [2.45, 2.75) is 19.4 Å². The van der Waals surface area contributed by atoms with Crippen molar-refractivity contribution in [3.63, 3.8) is 0 Å². The predicted molar refractivity (Wildman–Crippen MR) is 93.5 cm³/mol. The molecule has 0 saturated carbocycles. The van der Waals surface area contributed by atoms with Gasteiger partial charge < -0.3 is 5.32 Å². The number of nitro groups is 1. The smallest absolute Gasteiger partial charge is 0.274 e. The van der Waals surface area contributed by atoms with E-state index in [0.29, 0.717) is 17.7 Å². The molecule has 1 amide bonds. The largest absolute Gasteiger partial charge is 0.324 e. The van der Waals surface area contributed by atoms with E-state index < -0.39 is 11.0 Å². The molecule has 9 nitrogen and oxygen atoms in total. The van der Waals surface area contributed by atoms with Gasteiger partial charge in [-0.15, -0.1) is 5.10 Å². The van der Waals surface area contributed by atoms with Crippen molar-refractivity contribution in [2.24, 2.45) is 0 Å². The molecule has 0 aliphatic rings. The van der Waals surface area contributed by atoms with Gasteiger partial charge >= 0.3 is 0 Å². The van der Waals surface area contributed by atoms with Crippen molar-refractivity contribution in [1.29, 1.82) is 0 Å². The third kappa shape index (κ3) is 3.89. The summed E-state index contributed by atoms with van der Waals surface area (Å²) in [5.74, 6) is -0.362. The Morgan fingerprint density at radius 2 is 2.04 bits per heavy atom. The van der Waals surface area contributed by atoms with Gasteiger partial charge in [0.05, 0.1) is 4.92 Å².